The van der Waals surface area contributed by atoms with Crippen LogP contribution >= 0.6 is 0 Å². The van der Waals surface area contributed by atoms with Gasteiger partial charge in [0.2, 0.25) is 11.8 Å². The van der Waals surface area contributed by atoms with Crippen molar-refractivity contribution in [2.45, 2.75) is 20.0 Å². The number of hydrogen-bond acceptors (Lipinski definition) is 2. The van der Waals surface area contributed by atoms with Crippen LogP contribution < -0.4 is 4.90 Å². The summed E-state index contributed by atoms with van der Waals surface area (Å²) in [5.74, 6) is -2.71. The van der Waals surface area contributed by atoms with Crippen molar-refractivity contribution in [2.75, 3.05) is 4.90 Å². The van der Waals surface area contributed by atoms with Crippen molar-refractivity contribution in [3.8, 4) is 0 Å². The number of amides is 2. The number of halogens is 3. The number of carbonyl (C=O) groups is 2. The number of aryl methyl sites for hydroxylation is 2. The van der Waals surface area contributed by atoms with Crippen LogP contribution in [0.1, 0.15) is 27.8 Å². The molecule has 6 heteroatoms. The van der Waals surface area contributed by atoms with Crippen LogP contribution in [0.3, 0.4) is 0 Å². The second-order valence-electron chi connectivity index (χ2n) is 10.1. The molecule has 1 heterocycles. The van der Waals surface area contributed by atoms with Crippen LogP contribution in [0.25, 0.3) is 5.57 Å². The van der Waals surface area contributed by atoms with Crippen molar-refractivity contribution in [3.63, 3.8) is 0 Å². The summed E-state index contributed by atoms with van der Waals surface area (Å²) in [6.45, 7) is 4.04. The van der Waals surface area contributed by atoms with Crippen molar-refractivity contribution < 1.29 is 22.8 Å². The predicted molar refractivity (Wildman–Crippen MR) is 135 cm³/mol. The smallest absolute Gasteiger partial charge is 0.274 e. The Morgan fingerprint density at radius 3 is 1.68 bits per heavy atom. The van der Waals surface area contributed by atoms with E-state index in [4.69, 9.17) is 0 Å². The maximum absolute atomic E-state index is 13.6. The topological polar surface area (TPSA) is 37.4 Å². The van der Waals surface area contributed by atoms with Crippen LogP contribution in [0.4, 0.5) is 18.9 Å². The third-order valence-electron chi connectivity index (χ3n) is 7.82. The molecule has 186 valence electrons. The fourth-order valence-corrected chi connectivity index (χ4v) is 6.11. The molecule has 37 heavy (non-hydrogen) atoms. The van der Waals surface area contributed by atoms with E-state index in [0.717, 1.165) is 50.4 Å². The van der Waals surface area contributed by atoms with Gasteiger partial charge in [0.1, 0.15) is 0 Å². The lowest BCUT2D eigenvalue weighted by molar-refractivity contribution is -0.137. The number of imide groups is 1. The van der Waals surface area contributed by atoms with Crippen molar-refractivity contribution in [2.24, 2.45) is 23.7 Å². The van der Waals surface area contributed by atoms with E-state index < -0.39 is 35.4 Å². The monoisotopic (exact) mass is 499 g/mol. The highest BCUT2D eigenvalue weighted by Crippen LogP contribution is 2.59. The third kappa shape index (κ3) is 3.66. The van der Waals surface area contributed by atoms with Gasteiger partial charge in [-0.25, -0.2) is 4.90 Å². The summed E-state index contributed by atoms with van der Waals surface area (Å²) in [6.07, 6.45) is -0.583. The van der Waals surface area contributed by atoms with E-state index >= 15 is 0 Å². The minimum atomic E-state index is -4.56. The summed E-state index contributed by atoms with van der Waals surface area (Å²) < 4.78 is 40.0. The Kier molecular flexibility index (Phi) is 5.26. The molecule has 0 spiro atoms. The molecule has 3 nitrogen and oxygen atoms in total. The minimum absolute atomic E-state index is 0.0264. The highest BCUT2D eigenvalue weighted by atomic mass is 19.4. The molecule has 2 aliphatic carbocycles. The van der Waals surface area contributed by atoms with Gasteiger partial charge < -0.3 is 0 Å². The normalized spacial score (nSPS) is 24.2. The lowest BCUT2D eigenvalue weighted by Crippen LogP contribution is -2.33. The first-order valence-corrected chi connectivity index (χ1v) is 12.3. The number of alkyl halides is 3. The zero-order valence-corrected chi connectivity index (χ0v) is 20.3. The summed E-state index contributed by atoms with van der Waals surface area (Å²) >= 11 is 0. The van der Waals surface area contributed by atoms with Gasteiger partial charge in [0.05, 0.1) is 23.1 Å². The third-order valence-corrected chi connectivity index (χ3v) is 7.82. The molecule has 2 fully saturated rings. The number of fused-ring (bicyclic) bond motifs is 5. The van der Waals surface area contributed by atoms with Gasteiger partial charge >= 0.3 is 6.18 Å². The molecule has 3 aliphatic rings. The highest BCUT2D eigenvalue weighted by Gasteiger charge is 2.62. The van der Waals surface area contributed by atoms with Gasteiger partial charge in [-0.05, 0) is 54.3 Å². The van der Waals surface area contributed by atoms with E-state index in [1.165, 1.54) is 12.1 Å². The van der Waals surface area contributed by atoms with Crippen molar-refractivity contribution in [1.82, 2.24) is 0 Å². The molecule has 2 bridgehead atoms. The zero-order chi connectivity index (χ0) is 26.1. The Morgan fingerprint density at radius 2 is 1.22 bits per heavy atom. The van der Waals surface area contributed by atoms with Crippen LogP contribution in [0.15, 0.2) is 90.5 Å². The Hall–Kier alpha value is -3.93. The molecule has 1 saturated carbocycles. The maximum Gasteiger partial charge on any atom is 0.416 e. The number of hydrogen-bond donors (Lipinski definition) is 0. The summed E-state index contributed by atoms with van der Waals surface area (Å²) in [6, 6.07) is 20.9. The van der Waals surface area contributed by atoms with Crippen LogP contribution in [-0.2, 0) is 15.8 Å². The van der Waals surface area contributed by atoms with E-state index in [0.29, 0.717) is 0 Å². The Bertz CT molecular complexity index is 1400. The molecule has 6 rings (SSSR count). The second kappa shape index (κ2) is 8.30. The van der Waals surface area contributed by atoms with Crippen LogP contribution in [0.5, 0.6) is 0 Å². The standard InChI is InChI=1S/C31H24F3NO2/c1-17-6-10-19(11-7-17)25(20-12-8-18(2)9-13-20)26-23-14-15-24(26)28-27(23)29(36)35(30(28)37)22-5-3-4-21(16-22)31(32,33)34/h3-16,23-24,27-28H,1-2H3/t23-,24-,27+,28+/m1/s1. The van der Waals surface area contributed by atoms with Gasteiger partial charge in [0.15, 0.2) is 0 Å². The number of benzene rings is 3. The van der Waals surface area contributed by atoms with Crippen molar-refractivity contribution in [3.05, 3.63) is 118 Å². The molecule has 0 radical (unpaired) electrons. The first kappa shape index (κ1) is 23.5. The average Bonchev–Trinajstić information content (AvgIpc) is 3.50. The summed E-state index contributed by atoms with van der Waals surface area (Å²) in [5.41, 5.74) is 5.42. The number of anilines is 1. The van der Waals surface area contributed by atoms with Gasteiger partial charge in [-0.15, -0.1) is 0 Å². The summed E-state index contributed by atoms with van der Waals surface area (Å²) in [5, 5.41) is 0. The van der Waals surface area contributed by atoms with Gasteiger partial charge in [0, 0.05) is 11.8 Å². The minimum Gasteiger partial charge on any atom is -0.274 e. The Morgan fingerprint density at radius 1 is 0.730 bits per heavy atom. The molecular formula is C31H24F3NO2. The molecule has 0 unspecified atom stereocenters. The zero-order valence-electron chi connectivity index (χ0n) is 20.3. The first-order valence-electron chi connectivity index (χ1n) is 12.3. The number of allylic oxidation sites excluding steroid dienone is 3. The van der Waals surface area contributed by atoms with Crippen LogP contribution in [-0.4, -0.2) is 11.8 Å². The molecule has 2 amide bonds. The highest BCUT2D eigenvalue weighted by molar-refractivity contribution is 6.23. The first-order chi connectivity index (χ1) is 17.6. The molecular weight excluding hydrogens is 475 g/mol. The van der Waals surface area contributed by atoms with E-state index in [2.05, 4.69) is 24.3 Å². The molecule has 0 N–H and O–H groups in total. The average molecular weight is 500 g/mol. The predicted octanol–water partition coefficient (Wildman–Crippen LogP) is 6.75. The van der Waals surface area contributed by atoms with Crippen LogP contribution in [0, 0.1) is 37.5 Å². The molecule has 1 aliphatic heterocycles. The van der Waals surface area contributed by atoms with Gasteiger partial charge in [-0.3, -0.25) is 9.59 Å². The SMILES string of the molecule is Cc1ccc(C(=C2[C@H]3C=C[C@H]2[C@@H]2C(=O)N(c4cccc(C(F)(F)F)c4)C(=O)[C@H]23)c2ccc(C)cc2)cc1. The number of nitrogens with zero attached hydrogens (tertiary/aromatic N) is 1. The fourth-order valence-electron chi connectivity index (χ4n) is 6.11. The number of rotatable bonds is 3. The summed E-state index contributed by atoms with van der Waals surface area (Å²) in [7, 11) is 0. The largest absolute Gasteiger partial charge is 0.416 e. The van der Waals surface area contributed by atoms with E-state index in [1.54, 1.807) is 0 Å². The van der Waals surface area contributed by atoms with E-state index in [9.17, 15) is 22.8 Å². The quantitative estimate of drug-likeness (QED) is 0.295. The van der Waals surface area contributed by atoms with Crippen molar-refractivity contribution in [1.29, 1.82) is 0 Å². The van der Waals surface area contributed by atoms with Gasteiger partial charge in [0.25, 0.3) is 0 Å². The van der Waals surface area contributed by atoms with E-state index in [-0.39, 0.29) is 17.5 Å². The molecule has 1 saturated heterocycles. The Balaban J connectivity index is 1.46. The molecule has 4 atom stereocenters. The van der Waals surface area contributed by atoms with Crippen LogP contribution in [0.2, 0.25) is 0 Å². The fraction of sp³-hybridized carbons (Fsp3) is 0.226. The Labute approximate surface area is 212 Å². The lowest BCUT2D eigenvalue weighted by Gasteiger charge is -2.22. The number of carbonyl (C=O) groups excluding carboxylic acids is 2. The lowest BCUT2D eigenvalue weighted by atomic mass is 9.85. The van der Waals surface area contributed by atoms with Crippen molar-refractivity contribution >= 4 is 23.1 Å². The second-order valence-corrected chi connectivity index (χ2v) is 10.1. The van der Waals surface area contributed by atoms with Gasteiger partial charge in [-0.2, -0.15) is 13.2 Å². The van der Waals surface area contributed by atoms with E-state index in [1.807, 2.05) is 50.3 Å². The summed E-state index contributed by atoms with van der Waals surface area (Å²) in [4.78, 5) is 28.3. The molecule has 3 aromatic carbocycles. The molecule has 3 aromatic rings. The maximum atomic E-state index is 13.6. The van der Waals surface area contributed by atoms with Gasteiger partial charge in [-0.1, -0.05) is 77.9 Å². The molecule has 0 aromatic heterocycles.